The third kappa shape index (κ3) is 3.29. The summed E-state index contributed by atoms with van der Waals surface area (Å²) in [4.78, 5) is 24.5. The molecule has 0 aliphatic rings. The second-order valence-electron chi connectivity index (χ2n) is 5.57. The van der Waals surface area contributed by atoms with E-state index in [4.69, 9.17) is 0 Å². The molecule has 3 rings (SSSR count). The van der Waals surface area contributed by atoms with Gasteiger partial charge in [-0.2, -0.15) is 17.5 Å². The van der Waals surface area contributed by atoms with Gasteiger partial charge in [0.05, 0.1) is 16.6 Å². The first-order chi connectivity index (χ1) is 12.1. The van der Waals surface area contributed by atoms with Crippen LogP contribution in [-0.2, 0) is 30.2 Å². The molecule has 0 aliphatic heterocycles. The summed E-state index contributed by atoms with van der Waals surface area (Å²) in [6.45, 7) is 0. The minimum Gasteiger partial charge on any atom is -0.616 e. The normalized spacial score (nSPS) is 13.3. The molecule has 0 saturated heterocycles. The molecule has 1 unspecified atom stereocenters. The van der Waals surface area contributed by atoms with E-state index in [1.165, 1.54) is 29.9 Å². The first kappa shape index (κ1) is 18.7. The smallest absolute Gasteiger partial charge is 0.431 e. The fraction of sp³-hybridized carbons (Fsp3) is 0.267. The van der Waals surface area contributed by atoms with Crippen molar-refractivity contribution < 1.29 is 17.7 Å². The van der Waals surface area contributed by atoms with Crippen LogP contribution in [-0.4, -0.2) is 24.3 Å². The lowest BCUT2D eigenvalue weighted by atomic mass is 10.2. The molecule has 26 heavy (non-hydrogen) atoms. The molecule has 0 spiro atoms. The quantitative estimate of drug-likeness (QED) is 0.627. The number of rotatable bonds is 3. The fourth-order valence-electron chi connectivity index (χ4n) is 2.55. The SMILES string of the molecule is Cn1c(C(F)(F)F)cc(=O)n(-c2ccc3snc(C[S+](C)[O-])c3c2)c1=O. The number of hydrogen-bond acceptors (Lipinski definition) is 5. The minimum absolute atomic E-state index is 0.125. The number of benzene rings is 1. The second-order valence-corrected chi connectivity index (χ2v) is 7.81. The van der Waals surface area contributed by atoms with E-state index in [2.05, 4.69) is 4.37 Å². The van der Waals surface area contributed by atoms with Crippen LogP contribution in [0.1, 0.15) is 11.4 Å². The topological polar surface area (TPSA) is 79.9 Å². The van der Waals surface area contributed by atoms with E-state index in [0.29, 0.717) is 26.3 Å². The third-order valence-electron chi connectivity index (χ3n) is 3.74. The summed E-state index contributed by atoms with van der Waals surface area (Å²) >= 11 is 0.0304. The summed E-state index contributed by atoms with van der Waals surface area (Å²) in [5.74, 6) is 0.198. The molecule has 0 bridgehead atoms. The average Bonchev–Trinajstić information content (AvgIpc) is 2.92. The molecule has 0 radical (unpaired) electrons. The standard InChI is InChI=1S/C15H12F3N3O3S2/c1-20-12(15(16,17)18)6-13(22)21(14(20)23)8-3-4-11-9(5-8)10(19-25-11)7-26(2)24/h3-6H,7H2,1-2H3. The van der Waals surface area contributed by atoms with Gasteiger partial charge in [0, 0.05) is 18.5 Å². The van der Waals surface area contributed by atoms with Crippen LogP contribution in [0.5, 0.6) is 0 Å². The summed E-state index contributed by atoms with van der Waals surface area (Å²) in [7, 11) is 0.956. The Labute approximate surface area is 151 Å². The van der Waals surface area contributed by atoms with Crippen LogP contribution in [0.25, 0.3) is 15.8 Å². The van der Waals surface area contributed by atoms with E-state index in [0.717, 1.165) is 11.7 Å². The van der Waals surface area contributed by atoms with Crippen molar-refractivity contribution >= 4 is 32.8 Å². The van der Waals surface area contributed by atoms with Crippen molar-refractivity contribution in [1.29, 1.82) is 0 Å². The van der Waals surface area contributed by atoms with Crippen molar-refractivity contribution in [3.63, 3.8) is 0 Å². The Morgan fingerprint density at radius 3 is 2.58 bits per heavy atom. The molecule has 1 aromatic carbocycles. The van der Waals surface area contributed by atoms with E-state index < -0.39 is 34.3 Å². The van der Waals surface area contributed by atoms with Crippen molar-refractivity contribution in [3.8, 4) is 5.69 Å². The number of alkyl halides is 3. The molecule has 3 aromatic rings. The van der Waals surface area contributed by atoms with Crippen LogP contribution in [0.3, 0.4) is 0 Å². The zero-order chi connectivity index (χ0) is 19.2. The van der Waals surface area contributed by atoms with Gasteiger partial charge in [-0.3, -0.25) is 9.36 Å². The molecule has 2 heterocycles. The Balaban J connectivity index is 2.23. The van der Waals surface area contributed by atoms with Crippen molar-refractivity contribution in [2.24, 2.45) is 7.05 Å². The van der Waals surface area contributed by atoms with Crippen LogP contribution in [0.4, 0.5) is 13.2 Å². The maximum Gasteiger partial charge on any atom is 0.431 e. The van der Waals surface area contributed by atoms with E-state index in [9.17, 15) is 27.3 Å². The van der Waals surface area contributed by atoms with Crippen LogP contribution in [0.15, 0.2) is 33.9 Å². The Kier molecular flexibility index (Phi) is 4.71. The molecule has 1 atom stereocenters. The van der Waals surface area contributed by atoms with Crippen LogP contribution in [0.2, 0.25) is 0 Å². The summed E-state index contributed by atoms with van der Waals surface area (Å²) in [5, 5.41) is 0.608. The van der Waals surface area contributed by atoms with E-state index in [1.54, 1.807) is 6.07 Å². The van der Waals surface area contributed by atoms with Crippen LogP contribution in [0, 0.1) is 0 Å². The molecule has 0 fully saturated rings. The van der Waals surface area contributed by atoms with Gasteiger partial charge in [0.1, 0.15) is 17.1 Å². The number of aromatic nitrogens is 3. The maximum atomic E-state index is 12.9. The van der Waals surface area contributed by atoms with Gasteiger partial charge in [-0.1, -0.05) is 11.2 Å². The van der Waals surface area contributed by atoms with Gasteiger partial charge in [-0.15, -0.1) is 0 Å². The van der Waals surface area contributed by atoms with Crippen molar-refractivity contribution in [2.45, 2.75) is 11.9 Å². The van der Waals surface area contributed by atoms with Crippen molar-refractivity contribution in [2.75, 3.05) is 6.26 Å². The number of halogens is 3. The monoisotopic (exact) mass is 403 g/mol. The van der Waals surface area contributed by atoms with E-state index in [-0.39, 0.29) is 11.4 Å². The highest BCUT2D eigenvalue weighted by Gasteiger charge is 2.35. The molecule has 6 nitrogen and oxygen atoms in total. The highest BCUT2D eigenvalue weighted by molar-refractivity contribution is 7.89. The molecule has 0 N–H and O–H groups in total. The third-order valence-corrected chi connectivity index (χ3v) is 5.28. The average molecular weight is 403 g/mol. The van der Waals surface area contributed by atoms with Crippen LogP contribution < -0.4 is 11.2 Å². The lowest BCUT2D eigenvalue weighted by Crippen LogP contribution is -2.40. The van der Waals surface area contributed by atoms with Gasteiger partial charge < -0.3 is 4.55 Å². The zero-order valence-corrected chi connectivity index (χ0v) is 15.2. The predicted octanol–water partition coefficient (Wildman–Crippen LogP) is 2.04. The Bertz CT molecular complexity index is 1100. The highest BCUT2D eigenvalue weighted by Crippen LogP contribution is 2.28. The Morgan fingerprint density at radius 1 is 1.27 bits per heavy atom. The number of fused-ring (bicyclic) bond motifs is 1. The fourth-order valence-corrected chi connectivity index (χ4v) is 4.01. The molecular weight excluding hydrogens is 391 g/mol. The Hall–Kier alpha value is -2.11. The highest BCUT2D eigenvalue weighted by atomic mass is 32.2. The molecule has 138 valence electrons. The van der Waals surface area contributed by atoms with E-state index >= 15 is 0 Å². The van der Waals surface area contributed by atoms with Gasteiger partial charge in [0.15, 0.2) is 0 Å². The summed E-state index contributed by atoms with van der Waals surface area (Å²) < 4.78 is 56.3. The first-order valence-electron chi connectivity index (χ1n) is 7.18. The van der Waals surface area contributed by atoms with Gasteiger partial charge in [-0.25, -0.2) is 9.36 Å². The van der Waals surface area contributed by atoms with Crippen molar-refractivity contribution in [1.82, 2.24) is 13.5 Å². The van der Waals surface area contributed by atoms with Gasteiger partial charge >= 0.3 is 11.9 Å². The molecule has 0 amide bonds. The Morgan fingerprint density at radius 2 is 1.96 bits per heavy atom. The lowest BCUT2D eigenvalue weighted by Gasteiger charge is -2.14. The first-order valence-corrected chi connectivity index (χ1v) is 9.68. The summed E-state index contributed by atoms with van der Waals surface area (Å²) in [6, 6.07) is 4.97. The predicted molar refractivity (Wildman–Crippen MR) is 93.2 cm³/mol. The van der Waals surface area contributed by atoms with Gasteiger partial charge in [0.25, 0.3) is 5.56 Å². The molecule has 2 aromatic heterocycles. The maximum absolute atomic E-state index is 12.9. The molecule has 0 saturated carbocycles. The molecule has 11 heteroatoms. The summed E-state index contributed by atoms with van der Waals surface area (Å²) in [6.07, 6.45) is -3.29. The van der Waals surface area contributed by atoms with Crippen molar-refractivity contribution in [3.05, 3.63) is 56.5 Å². The zero-order valence-electron chi connectivity index (χ0n) is 13.5. The van der Waals surface area contributed by atoms with Gasteiger partial charge in [0.2, 0.25) is 0 Å². The minimum atomic E-state index is -4.81. The van der Waals surface area contributed by atoms with E-state index in [1.807, 2.05) is 0 Å². The lowest BCUT2D eigenvalue weighted by molar-refractivity contribution is -0.144. The van der Waals surface area contributed by atoms with Gasteiger partial charge in [-0.05, 0) is 29.7 Å². The van der Waals surface area contributed by atoms with Crippen LogP contribution >= 0.6 is 11.5 Å². The largest absolute Gasteiger partial charge is 0.616 e. The molecule has 0 aliphatic carbocycles. The number of hydrogen-bond donors (Lipinski definition) is 0. The molecular formula is C15H12F3N3O3S2. The summed E-state index contributed by atoms with van der Waals surface area (Å²) in [5.41, 5.74) is -2.83. The second kappa shape index (κ2) is 6.56. The number of nitrogens with zero attached hydrogens (tertiary/aromatic N) is 3.